The summed E-state index contributed by atoms with van der Waals surface area (Å²) in [6.45, 7) is 9.15. The average molecular weight is 869 g/mol. The fraction of sp³-hybridized carbons (Fsp3) is 0.270. The number of nitrogens with zero attached hydrogens (tertiary/aromatic N) is 1. The van der Waals surface area contributed by atoms with Crippen LogP contribution in [0.15, 0.2) is 48.5 Å². The summed E-state index contributed by atoms with van der Waals surface area (Å²) in [6, 6.07) is 12.9. The topological polar surface area (TPSA) is 101 Å². The molecule has 0 aromatic heterocycles. The van der Waals surface area contributed by atoms with Gasteiger partial charge in [-0.25, -0.2) is 9.59 Å². The molecule has 0 radical (unpaired) electrons. The maximum atomic E-state index is 13.4. The van der Waals surface area contributed by atoms with E-state index in [9.17, 15) is 14.4 Å². The van der Waals surface area contributed by atoms with Gasteiger partial charge in [0.1, 0.15) is 11.1 Å². The number of rotatable bonds is 11. The number of halogens is 7. The molecule has 284 valence electrons. The monoisotopic (exact) mass is 865 g/mol. The predicted molar refractivity (Wildman–Crippen MR) is 212 cm³/mol. The number of anilines is 1. The molecule has 0 aliphatic rings. The van der Waals surface area contributed by atoms with Crippen molar-refractivity contribution in [3.05, 3.63) is 112 Å². The first kappa shape index (κ1) is 44.1. The van der Waals surface area contributed by atoms with Crippen LogP contribution in [0.5, 0.6) is 17.2 Å². The highest BCUT2D eigenvalue weighted by atomic mass is 35.5. The van der Waals surface area contributed by atoms with E-state index in [0.29, 0.717) is 10.7 Å². The smallest absolute Gasteiger partial charge is 0.345 e. The zero-order chi connectivity index (χ0) is 39.9. The third-order valence-electron chi connectivity index (χ3n) is 7.82. The van der Waals surface area contributed by atoms with Crippen molar-refractivity contribution in [2.24, 2.45) is 0 Å². The van der Waals surface area contributed by atoms with Gasteiger partial charge in [0.05, 0.1) is 57.0 Å². The van der Waals surface area contributed by atoms with Gasteiger partial charge in [0, 0.05) is 5.69 Å². The van der Waals surface area contributed by atoms with Crippen molar-refractivity contribution in [2.45, 2.75) is 47.1 Å². The van der Waals surface area contributed by atoms with Gasteiger partial charge in [-0.15, -0.1) is 0 Å². The van der Waals surface area contributed by atoms with Gasteiger partial charge in [-0.05, 0) is 105 Å². The second-order valence-corrected chi connectivity index (χ2v) is 14.0. The Bertz CT molecular complexity index is 1940. The summed E-state index contributed by atoms with van der Waals surface area (Å²) in [4.78, 5) is 39.3. The number of benzene rings is 4. The first-order chi connectivity index (χ1) is 24.9. The van der Waals surface area contributed by atoms with Crippen molar-refractivity contribution in [3.63, 3.8) is 0 Å². The summed E-state index contributed by atoms with van der Waals surface area (Å²) >= 11 is 41.9. The van der Waals surface area contributed by atoms with Crippen LogP contribution in [0.3, 0.4) is 0 Å². The van der Waals surface area contributed by atoms with E-state index in [0.717, 1.165) is 16.7 Å². The molecule has 4 aromatic rings. The summed E-state index contributed by atoms with van der Waals surface area (Å²) in [5.74, 6) is -1.18. The second kappa shape index (κ2) is 19.4. The lowest BCUT2D eigenvalue weighted by Gasteiger charge is -2.36. The van der Waals surface area contributed by atoms with Crippen LogP contribution in [0.25, 0.3) is 0 Å². The van der Waals surface area contributed by atoms with Gasteiger partial charge >= 0.3 is 11.9 Å². The van der Waals surface area contributed by atoms with E-state index in [-0.39, 0.29) is 59.1 Å². The van der Waals surface area contributed by atoms with Crippen molar-refractivity contribution in [1.82, 2.24) is 0 Å². The minimum atomic E-state index is -0.951. The standard InChI is InChI=1S/C29H29Cl4NO6.C8H5Cl3O2/c1-14-12-16(3)23(13-15(14)2)34(17(4)39-28(35)24-19(30)8-10-21(32)26(24)37-6)18(5)40-29(36)25-20(31)9-11-22(33)27(25)38-7;1-13-7-5(10)3-2-4(9)6(7)8(11)12/h8-13,17-18H,1-7H3;2-3H,1H3. The van der Waals surface area contributed by atoms with Gasteiger partial charge in [-0.2, -0.15) is 0 Å². The Kier molecular flexibility index (Phi) is 16.1. The molecule has 0 aliphatic heterocycles. The highest BCUT2D eigenvalue weighted by Gasteiger charge is 2.32. The first-order valence-corrected chi connectivity index (χ1v) is 18.1. The summed E-state index contributed by atoms with van der Waals surface area (Å²) in [5.41, 5.74) is 3.64. The third-order valence-corrected chi connectivity index (χ3v) is 9.85. The first-order valence-electron chi connectivity index (χ1n) is 15.4. The molecule has 0 saturated heterocycles. The summed E-state index contributed by atoms with van der Waals surface area (Å²) in [6.07, 6.45) is -1.90. The maximum Gasteiger partial charge on any atom is 0.345 e. The van der Waals surface area contributed by atoms with E-state index in [4.69, 9.17) is 105 Å². The highest BCUT2D eigenvalue weighted by molar-refractivity contribution is 6.69. The van der Waals surface area contributed by atoms with Gasteiger partial charge < -0.3 is 28.6 Å². The van der Waals surface area contributed by atoms with Crippen LogP contribution < -0.4 is 19.1 Å². The molecule has 2 unspecified atom stereocenters. The maximum absolute atomic E-state index is 13.4. The van der Waals surface area contributed by atoms with E-state index in [2.05, 4.69) is 0 Å². The lowest BCUT2D eigenvalue weighted by atomic mass is 10.0. The molecule has 16 heteroatoms. The van der Waals surface area contributed by atoms with Crippen LogP contribution in [0, 0.1) is 20.8 Å². The zero-order valence-electron chi connectivity index (χ0n) is 29.6. The SMILES string of the molecule is COc1c(Cl)ccc(Cl)c1C(=O)Cl.COc1c(Cl)ccc(Cl)c1C(=O)OC(C)N(c1cc(C)c(C)cc1C)C(C)OC(=O)c1c(Cl)ccc(Cl)c1OC. The Balaban J connectivity index is 0.000000489. The van der Waals surface area contributed by atoms with Crippen LogP contribution in [-0.2, 0) is 9.47 Å². The number of ether oxygens (including phenoxy) is 5. The minimum Gasteiger partial charge on any atom is -0.494 e. The molecule has 0 bridgehead atoms. The number of esters is 2. The number of carbonyl (C=O) groups excluding carboxylic acids is 3. The van der Waals surface area contributed by atoms with Crippen molar-refractivity contribution in [2.75, 3.05) is 26.2 Å². The van der Waals surface area contributed by atoms with Gasteiger partial charge in [0.15, 0.2) is 29.7 Å². The van der Waals surface area contributed by atoms with E-state index in [1.807, 2.05) is 32.9 Å². The predicted octanol–water partition coefficient (Wildman–Crippen LogP) is 11.8. The average Bonchev–Trinajstić information content (AvgIpc) is 3.09. The second-order valence-electron chi connectivity index (χ2n) is 11.2. The lowest BCUT2D eigenvalue weighted by Crippen LogP contribution is -2.45. The molecular formula is C37H34Cl7NO8. The third kappa shape index (κ3) is 10.3. The molecule has 0 N–H and O–H groups in total. The molecule has 0 amide bonds. The lowest BCUT2D eigenvalue weighted by molar-refractivity contribution is 0.00867. The zero-order valence-corrected chi connectivity index (χ0v) is 34.9. The summed E-state index contributed by atoms with van der Waals surface area (Å²) in [5, 5.41) is 0.441. The summed E-state index contributed by atoms with van der Waals surface area (Å²) in [7, 11) is 4.14. The molecule has 9 nitrogen and oxygen atoms in total. The van der Waals surface area contributed by atoms with Gasteiger partial charge in [-0.3, -0.25) is 4.79 Å². The quantitative estimate of drug-likeness (QED) is 0.0828. The largest absolute Gasteiger partial charge is 0.494 e. The molecule has 0 aliphatic carbocycles. The van der Waals surface area contributed by atoms with Crippen LogP contribution in [0.4, 0.5) is 5.69 Å². The molecule has 4 rings (SSSR count). The fourth-order valence-corrected chi connectivity index (χ4v) is 6.84. The fourth-order valence-electron chi connectivity index (χ4n) is 5.21. The highest BCUT2D eigenvalue weighted by Crippen LogP contribution is 2.38. The van der Waals surface area contributed by atoms with Crippen LogP contribution in [0.2, 0.25) is 30.1 Å². The summed E-state index contributed by atoms with van der Waals surface area (Å²) < 4.78 is 27.2. The molecule has 0 spiro atoms. The number of carbonyl (C=O) groups is 3. The van der Waals surface area contributed by atoms with Gasteiger partial charge in [0.2, 0.25) is 0 Å². The molecule has 0 saturated carbocycles. The Morgan fingerprint density at radius 2 is 0.849 bits per heavy atom. The number of hydrogen-bond acceptors (Lipinski definition) is 9. The Morgan fingerprint density at radius 1 is 0.528 bits per heavy atom. The van der Waals surface area contributed by atoms with Crippen molar-refractivity contribution in [1.29, 1.82) is 0 Å². The van der Waals surface area contributed by atoms with E-state index < -0.39 is 29.6 Å². The van der Waals surface area contributed by atoms with Crippen LogP contribution in [0.1, 0.15) is 61.6 Å². The normalized spacial score (nSPS) is 11.8. The van der Waals surface area contributed by atoms with Crippen molar-refractivity contribution >= 4 is 104 Å². The van der Waals surface area contributed by atoms with E-state index in [1.165, 1.54) is 57.7 Å². The Labute approximate surface area is 342 Å². The number of hydrogen-bond donors (Lipinski definition) is 0. The van der Waals surface area contributed by atoms with E-state index >= 15 is 0 Å². The van der Waals surface area contributed by atoms with Gasteiger partial charge in [0.25, 0.3) is 5.24 Å². The van der Waals surface area contributed by atoms with Gasteiger partial charge in [-0.1, -0.05) is 75.7 Å². The molecular weight excluding hydrogens is 835 g/mol. The number of aryl methyl sites for hydroxylation is 3. The molecule has 53 heavy (non-hydrogen) atoms. The van der Waals surface area contributed by atoms with Crippen LogP contribution in [-0.4, -0.2) is 51.0 Å². The molecule has 0 heterocycles. The number of methoxy groups -OCH3 is 3. The molecule has 4 aromatic carbocycles. The van der Waals surface area contributed by atoms with E-state index in [1.54, 1.807) is 18.7 Å². The van der Waals surface area contributed by atoms with Crippen molar-refractivity contribution in [3.8, 4) is 17.2 Å². The Hall–Kier alpha value is -3.28. The Morgan fingerprint density at radius 3 is 1.19 bits per heavy atom. The minimum absolute atomic E-state index is 0.0274. The molecule has 2 atom stereocenters. The molecule has 0 fully saturated rings. The van der Waals surface area contributed by atoms with Crippen molar-refractivity contribution < 1.29 is 38.1 Å². The van der Waals surface area contributed by atoms with Crippen LogP contribution >= 0.6 is 81.2 Å².